The van der Waals surface area contributed by atoms with Crippen LogP contribution < -0.4 is 14.8 Å². The van der Waals surface area contributed by atoms with Gasteiger partial charge in [0.05, 0.1) is 4.90 Å². The molecule has 0 spiro atoms. The number of ether oxygens (including phenoxy) is 1. The van der Waals surface area contributed by atoms with Gasteiger partial charge in [0.1, 0.15) is 5.75 Å². The van der Waals surface area contributed by atoms with Crippen molar-refractivity contribution in [1.29, 1.82) is 0 Å². The average Bonchev–Trinajstić information content (AvgIpc) is 2.74. The SMILES string of the molecule is C[C@H](Oc1ccc(S(=O)(=O)NCc2ccccc2)cc1)C(=O)NC1CCCCC1. The third-order valence-electron chi connectivity index (χ3n) is 5.08. The minimum Gasteiger partial charge on any atom is -0.481 e. The van der Waals surface area contributed by atoms with E-state index < -0.39 is 16.1 Å². The summed E-state index contributed by atoms with van der Waals surface area (Å²) in [5.41, 5.74) is 0.883. The number of amides is 1. The summed E-state index contributed by atoms with van der Waals surface area (Å²) in [5, 5.41) is 3.04. The molecule has 0 aromatic heterocycles. The van der Waals surface area contributed by atoms with E-state index >= 15 is 0 Å². The smallest absolute Gasteiger partial charge is 0.260 e. The van der Waals surface area contributed by atoms with Crippen LogP contribution in [-0.4, -0.2) is 26.5 Å². The summed E-state index contributed by atoms with van der Waals surface area (Å²) >= 11 is 0. The van der Waals surface area contributed by atoms with Gasteiger partial charge in [0.2, 0.25) is 10.0 Å². The number of benzene rings is 2. The van der Waals surface area contributed by atoms with Crippen LogP contribution in [0.25, 0.3) is 0 Å². The Labute approximate surface area is 172 Å². The van der Waals surface area contributed by atoms with Crippen molar-refractivity contribution in [3.05, 3.63) is 60.2 Å². The monoisotopic (exact) mass is 416 g/mol. The fourth-order valence-electron chi connectivity index (χ4n) is 3.38. The van der Waals surface area contributed by atoms with Crippen LogP contribution in [0.3, 0.4) is 0 Å². The molecule has 0 radical (unpaired) electrons. The van der Waals surface area contributed by atoms with Gasteiger partial charge in [-0.1, -0.05) is 49.6 Å². The van der Waals surface area contributed by atoms with Crippen molar-refractivity contribution in [1.82, 2.24) is 10.0 Å². The Morgan fingerprint density at radius 1 is 1.03 bits per heavy atom. The fraction of sp³-hybridized carbons (Fsp3) is 0.409. The molecule has 0 unspecified atom stereocenters. The molecule has 29 heavy (non-hydrogen) atoms. The van der Waals surface area contributed by atoms with E-state index in [1.807, 2.05) is 30.3 Å². The van der Waals surface area contributed by atoms with Crippen LogP contribution >= 0.6 is 0 Å². The highest BCUT2D eigenvalue weighted by Crippen LogP contribution is 2.19. The Hall–Kier alpha value is -2.38. The van der Waals surface area contributed by atoms with Crippen LogP contribution in [0.2, 0.25) is 0 Å². The van der Waals surface area contributed by atoms with Gasteiger partial charge in [-0.05, 0) is 49.6 Å². The Bertz CT molecular complexity index is 892. The molecule has 2 N–H and O–H groups in total. The molecule has 1 atom stereocenters. The van der Waals surface area contributed by atoms with Crippen molar-refractivity contribution in [2.24, 2.45) is 0 Å². The molecule has 3 rings (SSSR count). The minimum atomic E-state index is -3.62. The predicted molar refractivity (Wildman–Crippen MR) is 112 cm³/mol. The molecule has 1 aliphatic rings. The highest BCUT2D eigenvalue weighted by molar-refractivity contribution is 7.89. The molecule has 7 heteroatoms. The maximum atomic E-state index is 12.5. The first kappa shape index (κ1) is 21.3. The zero-order valence-electron chi connectivity index (χ0n) is 16.6. The van der Waals surface area contributed by atoms with Crippen LogP contribution in [0, 0.1) is 0 Å². The minimum absolute atomic E-state index is 0.141. The lowest BCUT2D eigenvalue weighted by Crippen LogP contribution is -2.43. The largest absolute Gasteiger partial charge is 0.481 e. The molecule has 2 aromatic carbocycles. The molecule has 6 nitrogen and oxygen atoms in total. The van der Waals surface area contributed by atoms with E-state index in [0.717, 1.165) is 31.2 Å². The van der Waals surface area contributed by atoms with E-state index in [4.69, 9.17) is 4.74 Å². The topological polar surface area (TPSA) is 84.5 Å². The third kappa shape index (κ3) is 6.30. The number of carbonyl (C=O) groups excluding carboxylic acids is 1. The molecule has 1 fully saturated rings. The maximum absolute atomic E-state index is 12.5. The predicted octanol–water partition coefficient (Wildman–Crippen LogP) is 3.38. The second-order valence-electron chi connectivity index (χ2n) is 7.39. The Balaban J connectivity index is 1.54. The lowest BCUT2D eigenvalue weighted by Gasteiger charge is -2.24. The quantitative estimate of drug-likeness (QED) is 0.691. The lowest BCUT2D eigenvalue weighted by atomic mass is 9.95. The van der Waals surface area contributed by atoms with E-state index in [0.29, 0.717) is 5.75 Å². The Morgan fingerprint density at radius 3 is 2.34 bits per heavy atom. The van der Waals surface area contributed by atoms with Crippen molar-refractivity contribution >= 4 is 15.9 Å². The second kappa shape index (κ2) is 9.89. The van der Waals surface area contributed by atoms with Gasteiger partial charge in [0, 0.05) is 12.6 Å². The normalized spacial score (nSPS) is 16.2. The molecule has 156 valence electrons. The van der Waals surface area contributed by atoms with E-state index in [9.17, 15) is 13.2 Å². The number of nitrogens with one attached hydrogen (secondary N) is 2. The van der Waals surface area contributed by atoms with Crippen molar-refractivity contribution in [2.45, 2.75) is 62.6 Å². The fourth-order valence-corrected chi connectivity index (χ4v) is 4.40. The molecule has 1 aliphatic carbocycles. The summed E-state index contributed by atoms with van der Waals surface area (Å²) in [6, 6.07) is 15.7. The average molecular weight is 417 g/mol. The van der Waals surface area contributed by atoms with E-state index in [2.05, 4.69) is 10.0 Å². The van der Waals surface area contributed by atoms with Gasteiger partial charge in [-0.15, -0.1) is 0 Å². The van der Waals surface area contributed by atoms with Crippen molar-refractivity contribution in [3.8, 4) is 5.75 Å². The molecule has 1 amide bonds. The third-order valence-corrected chi connectivity index (χ3v) is 6.49. The van der Waals surface area contributed by atoms with Gasteiger partial charge in [0.15, 0.2) is 6.10 Å². The summed E-state index contributed by atoms with van der Waals surface area (Å²) in [4.78, 5) is 12.5. The van der Waals surface area contributed by atoms with Gasteiger partial charge in [-0.25, -0.2) is 13.1 Å². The number of carbonyl (C=O) groups is 1. The number of rotatable bonds is 8. The molecule has 0 aliphatic heterocycles. The van der Waals surface area contributed by atoms with Crippen LogP contribution in [0.5, 0.6) is 5.75 Å². The van der Waals surface area contributed by atoms with Crippen LogP contribution in [0.4, 0.5) is 0 Å². The summed E-state index contributed by atoms with van der Waals surface area (Å²) < 4.78 is 33.2. The molecule has 0 saturated heterocycles. The van der Waals surface area contributed by atoms with E-state index in [-0.39, 0.29) is 23.4 Å². The van der Waals surface area contributed by atoms with Gasteiger partial charge in [0.25, 0.3) is 5.91 Å². The van der Waals surface area contributed by atoms with Crippen LogP contribution in [0.1, 0.15) is 44.6 Å². The first-order chi connectivity index (χ1) is 13.9. The van der Waals surface area contributed by atoms with E-state index in [1.165, 1.54) is 18.6 Å². The second-order valence-corrected chi connectivity index (χ2v) is 9.15. The number of hydrogen-bond acceptors (Lipinski definition) is 4. The zero-order valence-corrected chi connectivity index (χ0v) is 17.5. The molecule has 0 heterocycles. The van der Waals surface area contributed by atoms with Crippen molar-refractivity contribution in [2.75, 3.05) is 0 Å². The van der Waals surface area contributed by atoms with Gasteiger partial charge in [-0.2, -0.15) is 0 Å². The lowest BCUT2D eigenvalue weighted by molar-refractivity contribution is -0.128. The molecule has 1 saturated carbocycles. The van der Waals surface area contributed by atoms with Crippen molar-refractivity contribution in [3.63, 3.8) is 0 Å². The molecule has 0 bridgehead atoms. The molecular formula is C22H28N2O4S. The number of sulfonamides is 1. The summed E-state index contributed by atoms with van der Waals surface area (Å²) in [5.74, 6) is 0.316. The van der Waals surface area contributed by atoms with Crippen molar-refractivity contribution < 1.29 is 17.9 Å². The maximum Gasteiger partial charge on any atom is 0.260 e. The molecule has 2 aromatic rings. The van der Waals surface area contributed by atoms with Gasteiger partial charge in [-0.3, -0.25) is 4.79 Å². The van der Waals surface area contributed by atoms with Gasteiger partial charge < -0.3 is 10.1 Å². The highest BCUT2D eigenvalue weighted by Gasteiger charge is 2.21. The Morgan fingerprint density at radius 2 is 1.69 bits per heavy atom. The first-order valence-corrected chi connectivity index (χ1v) is 11.5. The summed E-state index contributed by atoms with van der Waals surface area (Å²) in [6.45, 7) is 1.92. The zero-order chi connectivity index (χ0) is 20.7. The Kier molecular flexibility index (Phi) is 7.28. The summed E-state index contributed by atoms with van der Waals surface area (Å²) in [7, 11) is -3.62. The standard InChI is InChI=1S/C22H28N2O4S/c1-17(22(25)24-19-10-6-3-7-11-19)28-20-12-14-21(15-13-20)29(26,27)23-16-18-8-4-2-5-9-18/h2,4-5,8-9,12-15,17,19,23H,3,6-7,10-11,16H2,1H3,(H,24,25)/t17-/m0/s1. The first-order valence-electron chi connectivity index (χ1n) is 10.0. The van der Waals surface area contributed by atoms with Gasteiger partial charge >= 0.3 is 0 Å². The van der Waals surface area contributed by atoms with Crippen LogP contribution in [-0.2, 0) is 21.4 Å². The van der Waals surface area contributed by atoms with Crippen LogP contribution in [0.15, 0.2) is 59.5 Å². The van der Waals surface area contributed by atoms with E-state index in [1.54, 1.807) is 19.1 Å². The molecular weight excluding hydrogens is 388 g/mol. The number of hydrogen-bond donors (Lipinski definition) is 2. The summed E-state index contributed by atoms with van der Waals surface area (Å²) in [6.07, 6.45) is 4.91. The highest BCUT2D eigenvalue weighted by atomic mass is 32.2.